The third kappa shape index (κ3) is 0.799. The van der Waals surface area contributed by atoms with Gasteiger partial charge in [0.2, 0.25) is 11.8 Å². The van der Waals surface area contributed by atoms with Crippen molar-refractivity contribution >= 4 is 17.5 Å². The van der Waals surface area contributed by atoms with Gasteiger partial charge in [-0.3, -0.25) is 4.79 Å². The molecule has 1 saturated heterocycles. The Hall–Kier alpha value is -1.29. The number of nitrogens with zero attached hydrogens (tertiary/aromatic N) is 1. The monoisotopic (exact) mass is 236 g/mol. The van der Waals surface area contributed by atoms with Gasteiger partial charge in [0.15, 0.2) is 0 Å². The van der Waals surface area contributed by atoms with Crippen molar-refractivity contribution in [1.82, 2.24) is 10.3 Å². The number of hydrogen-bond donors (Lipinski definition) is 1. The Kier molecular flexibility index (Phi) is 1.38. The highest BCUT2D eigenvalue weighted by Crippen LogP contribution is 2.57. The maximum Gasteiger partial charge on any atom is 0.232 e. The molecule has 1 aromatic rings. The number of hydrogen-bond acceptors (Lipinski definition) is 3. The van der Waals surface area contributed by atoms with Crippen LogP contribution < -0.4 is 10.1 Å². The lowest BCUT2D eigenvalue weighted by atomic mass is 9.69. The fraction of sp³-hybridized carbons (Fsp3) is 0.455. The zero-order valence-electron chi connectivity index (χ0n) is 8.37. The summed E-state index contributed by atoms with van der Waals surface area (Å²) in [6, 6.07) is 3.71. The molecule has 16 heavy (non-hydrogen) atoms. The van der Waals surface area contributed by atoms with Crippen LogP contribution >= 0.6 is 11.6 Å². The molecule has 2 fully saturated rings. The van der Waals surface area contributed by atoms with Gasteiger partial charge in [-0.1, -0.05) is 11.6 Å². The molecule has 4 rings (SSSR count). The van der Waals surface area contributed by atoms with E-state index in [9.17, 15) is 4.79 Å². The van der Waals surface area contributed by atoms with Crippen molar-refractivity contribution in [3.8, 4) is 5.88 Å². The SMILES string of the molecule is O=C1N[C@H]2CCC23Oc2nc(Cl)ccc2C13. The van der Waals surface area contributed by atoms with Gasteiger partial charge in [0.1, 0.15) is 16.7 Å². The highest BCUT2D eigenvalue weighted by Gasteiger charge is 2.67. The van der Waals surface area contributed by atoms with E-state index in [1.165, 1.54) is 0 Å². The van der Waals surface area contributed by atoms with Crippen LogP contribution in [0.1, 0.15) is 24.3 Å². The van der Waals surface area contributed by atoms with Gasteiger partial charge < -0.3 is 10.1 Å². The largest absolute Gasteiger partial charge is 0.467 e. The van der Waals surface area contributed by atoms with Crippen LogP contribution in [0.5, 0.6) is 5.88 Å². The Morgan fingerprint density at radius 1 is 1.56 bits per heavy atom. The normalized spacial score (nSPS) is 37.9. The van der Waals surface area contributed by atoms with Crippen molar-refractivity contribution < 1.29 is 9.53 Å². The number of nitrogens with one attached hydrogen (secondary N) is 1. The van der Waals surface area contributed by atoms with Gasteiger partial charge in [-0.25, -0.2) is 4.98 Å². The van der Waals surface area contributed by atoms with Crippen molar-refractivity contribution in [2.24, 2.45) is 0 Å². The molecule has 3 aliphatic rings. The number of pyridine rings is 1. The second kappa shape index (κ2) is 2.51. The Morgan fingerprint density at radius 3 is 3.19 bits per heavy atom. The minimum absolute atomic E-state index is 0.0605. The van der Waals surface area contributed by atoms with E-state index in [1.54, 1.807) is 6.07 Å². The van der Waals surface area contributed by atoms with Gasteiger partial charge in [-0.15, -0.1) is 0 Å². The number of amides is 1. The molecule has 3 atom stereocenters. The van der Waals surface area contributed by atoms with Gasteiger partial charge in [0, 0.05) is 5.56 Å². The average Bonchev–Trinajstić information content (AvgIpc) is 2.67. The van der Waals surface area contributed by atoms with Crippen LogP contribution in [0.2, 0.25) is 5.15 Å². The molecule has 0 bridgehead atoms. The van der Waals surface area contributed by atoms with E-state index in [0.717, 1.165) is 18.4 Å². The van der Waals surface area contributed by atoms with Gasteiger partial charge in [0.05, 0.1) is 6.04 Å². The standard InChI is InChI=1S/C11H9ClN2O2/c12-7-2-1-5-8-9(15)13-6-3-4-11(6,8)16-10(5)14-7/h1-2,6,8H,3-4H2,(H,13,15)/t6-,8?,11?/m0/s1. The first kappa shape index (κ1) is 8.82. The van der Waals surface area contributed by atoms with Crippen LogP contribution in [0.25, 0.3) is 0 Å². The molecule has 1 spiro atoms. The van der Waals surface area contributed by atoms with E-state index in [2.05, 4.69) is 10.3 Å². The van der Waals surface area contributed by atoms with Crippen molar-refractivity contribution in [1.29, 1.82) is 0 Å². The van der Waals surface area contributed by atoms with E-state index in [-0.39, 0.29) is 23.5 Å². The molecule has 1 amide bonds. The smallest absolute Gasteiger partial charge is 0.232 e. The topological polar surface area (TPSA) is 51.2 Å². The summed E-state index contributed by atoms with van der Waals surface area (Å²) in [5.74, 6) is 0.411. The van der Waals surface area contributed by atoms with Crippen LogP contribution in [0.3, 0.4) is 0 Å². The Labute approximate surface area is 97.0 Å². The number of halogens is 1. The fourth-order valence-electron chi connectivity index (χ4n) is 3.09. The molecule has 0 radical (unpaired) electrons. The van der Waals surface area contributed by atoms with E-state index < -0.39 is 0 Å². The van der Waals surface area contributed by atoms with E-state index in [0.29, 0.717) is 11.0 Å². The maximum absolute atomic E-state index is 11.9. The predicted molar refractivity (Wildman–Crippen MR) is 56.5 cm³/mol. The lowest BCUT2D eigenvalue weighted by Gasteiger charge is -2.41. The van der Waals surface area contributed by atoms with Crippen molar-refractivity contribution in [3.63, 3.8) is 0 Å². The van der Waals surface area contributed by atoms with Crippen LogP contribution in [0.15, 0.2) is 12.1 Å². The summed E-state index contributed by atoms with van der Waals surface area (Å²) in [6.45, 7) is 0. The van der Waals surface area contributed by atoms with Crippen LogP contribution in [-0.2, 0) is 4.79 Å². The van der Waals surface area contributed by atoms with Crippen LogP contribution in [0, 0.1) is 0 Å². The first-order chi connectivity index (χ1) is 7.71. The van der Waals surface area contributed by atoms with Gasteiger partial charge >= 0.3 is 0 Å². The van der Waals surface area contributed by atoms with Crippen LogP contribution in [-0.4, -0.2) is 22.5 Å². The van der Waals surface area contributed by atoms with Crippen molar-refractivity contribution in [3.05, 3.63) is 22.8 Å². The van der Waals surface area contributed by atoms with Crippen molar-refractivity contribution in [2.45, 2.75) is 30.4 Å². The van der Waals surface area contributed by atoms with Gasteiger partial charge in [-0.2, -0.15) is 0 Å². The molecule has 1 N–H and O–H groups in total. The summed E-state index contributed by atoms with van der Waals surface area (Å²) >= 11 is 5.82. The third-order valence-electron chi connectivity index (χ3n) is 3.93. The first-order valence-electron chi connectivity index (χ1n) is 5.36. The minimum Gasteiger partial charge on any atom is -0.467 e. The molecular formula is C11H9ClN2O2. The molecule has 1 aliphatic carbocycles. The maximum atomic E-state index is 11.9. The first-order valence-corrected chi connectivity index (χ1v) is 5.74. The summed E-state index contributed by atoms with van der Waals surface area (Å²) in [6.07, 6.45) is 1.90. The Balaban J connectivity index is 1.91. The fourth-order valence-corrected chi connectivity index (χ4v) is 3.23. The molecule has 1 saturated carbocycles. The number of aromatic nitrogens is 1. The summed E-state index contributed by atoms with van der Waals surface area (Å²) in [4.78, 5) is 16.1. The highest BCUT2D eigenvalue weighted by molar-refractivity contribution is 6.29. The zero-order valence-corrected chi connectivity index (χ0v) is 9.12. The summed E-state index contributed by atoms with van der Waals surface area (Å²) in [5.41, 5.74) is 0.515. The second-order valence-electron chi connectivity index (χ2n) is 4.62. The summed E-state index contributed by atoms with van der Waals surface area (Å²) in [5, 5.41) is 3.39. The van der Waals surface area contributed by atoms with Crippen LogP contribution in [0.4, 0.5) is 0 Å². The lowest BCUT2D eigenvalue weighted by Crippen LogP contribution is -2.56. The molecule has 82 valence electrons. The summed E-state index contributed by atoms with van der Waals surface area (Å²) in [7, 11) is 0. The van der Waals surface area contributed by atoms with E-state index in [4.69, 9.17) is 16.3 Å². The minimum atomic E-state index is -0.364. The number of rotatable bonds is 0. The average molecular weight is 237 g/mol. The van der Waals surface area contributed by atoms with E-state index in [1.807, 2.05) is 6.07 Å². The molecule has 2 unspecified atom stereocenters. The van der Waals surface area contributed by atoms with Crippen molar-refractivity contribution in [2.75, 3.05) is 0 Å². The molecule has 4 nitrogen and oxygen atoms in total. The molecular weight excluding hydrogens is 228 g/mol. The summed E-state index contributed by atoms with van der Waals surface area (Å²) < 4.78 is 5.89. The molecule has 5 heteroatoms. The van der Waals surface area contributed by atoms with Gasteiger partial charge in [0.25, 0.3) is 0 Å². The highest BCUT2D eigenvalue weighted by atomic mass is 35.5. The number of carbonyl (C=O) groups is 1. The number of ether oxygens (including phenoxy) is 1. The molecule has 1 aromatic heterocycles. The Bertz CT molecular complexity index is 519. The quantitative estimate of drug-likeness (QED) is 0.690. The zero-order chi connectivity index (χ0) is 10.9. The van der Waals surface area contributed by atoms with Gasteiger partial charge in [-0.05, 0) is 25.0 Å². The number of carbonyl (C=O) groups excluding carboxylic acids is 1. The molecule has 0 aromatic carbocycles. The molecule has 2 aliphatic heterocycles. The van der Waals surface area contributed by atoms with E-state index >= 15 is 0 Å². The molecule has 3 heterocycles. The second-order valence-corrected chi connectivity index (χ2v) is 5.01. The Morgan fingerprint density at radius 2 is 2.44 bits per heavy atom. The number of fused-ring (bicyclic) bond motifs is 2. The lowest BCUT2D eigenvalue weighted by molar-refractivity contribution is -0.121. The third-order valence-corrected chi connectivity index (χ3v) is 4.14. The predicted octanol–water partition coefficient (Wildman–Crippen LogP) is 1.24.